The number of halogens is 1. The van der Waals surface area contributed by atoms with Gasteiger partial charge in [-0.1, -0.05) is 35.4 Å². The van der Waals surface area contributed by atoms with Crippen molar-refractivity contribution in [3.05, 3.63) is 70.0 Å². The molecule has 3 heteroatoms. The van der Waals surface area contributed by atoms with E-state index in [-0.39, 0.29) is 12.2 Å². The van der Waals surface area contributed by atoms with Crippen LogP contribution in [0.25, 0.3) is 0 Å². The second-order valence-corrected chi connectivity index (χ2v) is 5.28. The maximum Gasteiger partial charge on any atom is 0.221 e. The Balaban J connectivity index is 2.28. The highest BCUT2D eigenvalue weighted by Crippen LogP contribution is 2.17. The summed E-state index contributed by atoms with van der Waals surface area (Å²) < 4.78 is 13.6. The first-order valence-electron chi connectivity index (χ1n) is 6.56. The molecule has 2 N–H and O–H groups in total. The molecule has 0 saturated carbocycles. The molecule has 0 heterocycles. The van der Waals surface area contributed by atoms with Gasteiger partial charge in [-0.25, -0.2) is 4.39 Å². The van der Waals surface area contributed by atoms with Crippen LogP contribution in [-0.4, -0.2) is 5.91 Å². The molecule has 2 aromatic rings. The normalized spacial score (nSPS) is 10.6. The maximum absolute atomic E-state index is 13.6. The second kappa shape index (κ2) is 5.87. The van der Waals surface area contributed by atoms with Gasteiger partial charge in [0.2, 0.25) is 5.91 Å². The van der Waals surface area contributed by atoms with E-state index < -0.39 is 5.91 Å². The van der Waals surface area contributed by atoms with Crippen molar-refractivity contribution in [1.29, 1.82) is 0 Å². The standard InChI is InChI=1S/C17H18FNO/c1-11-3-12(2)5-13(4-11)6-14-7-15(10-17(19)20)9-16(18)8-14/h3-5,7-9H,6,10H2,1-2H3,(H2,19,20). The molecular weight excluding hydrogens is 253 g/mol. The molecule has 0 bridgehead atoms. The summed E-state index contributed by atoms with van der Waals surface area (Å²) in [4.78, 5) is 10.9. The Bertz CT molecular complexity index is 629. The van der Waals surface area contributed by atoms with Gasteiger partial charge in [0, 0.05) is 0 Å². The van der Waals surface area contributed by atoms with E-state index in [2.05, 4.69) is 18.2 Å². The predicted molar refractivity (Wildman–Crippen MR) is 78.0 cm³/mol. The van der Waals surface area contributed by atoms with Gasteiger partial charge in [-0.15, -0.1) is 0 Å². The lowest BCUT2D eigenvalue weighted by Crippen LogP contribution is -2.14. The molecule has 0 aliphatic rings. The molecule has 0 aromatic heterocycles. The Hall–Kier alpha value is -2.16. The highest BCUT2D eigenvalue weighted by Gasteiger charge is 2.05. The van der Waals surface area contributed by atoms with Gasteiger partial charge in [-0.2, -0.15) is 0 Å². The van der Waals surface area contributed by atoms with Gasteiger partial charge in [-0.3, -0.25) is 4.79 Å². The SMILES string of the molecule is Cc1cc(C)cc(Cc2cc(F)cc(CC(N)=O)c2)c1. The number of carbonyl (C=O) groups excluding carboxylic acids is 1. The highest BCUT2D eigenvalue weighted by atomic mass is 19.1. The first-order chi connectivity index (χ1) is 9.42. The largest absolute Gasteiger partial charge is 0.369 e. The number of carbonyl (C=O) groups is 1. The third-order valence-electron chi connectivity index (χ3n) is 3.09. The minimum atomic E-state index is -0.451. The number of aryl methyl sites for hydroxylation is 2. The number of rotatable bonds is 4. The van der Waals surface area contributed by atoms with E-state index >= 15 is 0 Å². The van der Waals surface area contributed by atoms with Crippen LogP contribution >= 0.6 is 0 Å². The summed E-state index contributed by atoms with van der Waals surface area (Å²) in [6.07, 6.45) is 0.712. The van der Waals surface area contributed by atoms with E-state index in [1.54, 1.807) is 0 Å². The van der Waals surface area contributed by atoms with Crippen LogP contribution in [0.2, 0.25) is 0 Å². The van der Waals surface area contributed by atoms with Gasteiger partial charge in [0.15, 0.2) is 0 Å². The Morgan fingerprint density at radius 3 is 2.10 bits per heavy atom. The van der Waals surface area contributed by atoms with Crippen LogP contribution in [0, 0.1) is 19.7 Å². The van der Waals surface area contributed by atoms with Crippen molar-refractivity contribution in [3.63, 3.8) is 0 Å². The van der Waals surface area contributed by atoms with Crippen molar-refractivity contribution in [2.24, 2.45) is 5.73 Å². The lowest BCUT2D eigenvalue weighted by Gasteiger charge is -2.07. The van der Waals surface area contributed by atoms with E-state index in [1.807, 2.05) is 19.9 Å². The smallest absolute Gasteiger partial charge is 0.221 e. The lowest BCUT2D eigenvalue weighted by atomic mass is 9.98. The van der Waals surface area contributed by atoms with Crippen LogP contribution in [0.3, 0.4) is 0 Å². The number of hydrogen-bond donors (Lipinski definition) is 1. The summed E-state index contributed by atoms with van der Waals surface area (Å²) >= 11 is 0. The Morgan fingerprint density at radius 2 is 1.50 bits per heavy atom. The summed E-state index contributed by atoms with van der Waals surface area (Å²) in [5.41, 5.74) is 10.1. The predicted octanol–water partition coefficient (Wildman–Crippen LogP) is 3.06. The Labute approximate surface area is 118 Å². The van der Waals surface area contributed by atoms with Crippen LogP contribution in [0.4, 0.5) is 4.39 Å². The molecule has 0 aliphatic heterocycles. The van der Waals surface area contributed by atoms with E-state index in [0.29, 0.717) is 12.0 Å². The summed E-state index contributed by atoms with van der Waals surface area (Å²) in [5, 5.41) is 0. The van der Waals surface area contributed by atoms with Crippen molar-refractivity contribution in [2.45, 2.75) is 26.7 Å². The van der Waals surface area contributed by atoms with Crippen molar-refractivity contribution in [2.75, 3.05) is 0 Å². The molecule has 20 heavy (non-hydrogen) atoms. The molecule has 104 valence electrons. The molecule has 0 fully saturated rings. The quantitative estimate of drug-likeness (QED) is 0.912. The van der Waals surface area contributed by atoms with Crippen LogP contribution in [-0.2, 0) is 17.6 Å². The zero-order chi connectivity index (χ0) is 14.7. The molecule has 0 saturated heterocycles. The first kappa shape index (κ1) is 14.3. The molecular formula is C17H18FNO. The van der Waals surface area contributed by atoms with E-state index in [4.69, 9.17) is 5.73 Å². The van der Waals surface area contributed by atoms with Crippen molar-refractivity contribution in [1.82, 2.24) is 0 Å². The monoisotopic (exact) mass is 271 g/mol. The third-order valence-corrected chi connectivity index (χ3v) is 3.09. The minimum Gasteiger partial charge on any atom is -0.369 e. The van der Waals surface area contributed by atoms with Crippen molar-refractivity contribution < 1.29 is 9.18 Å². The second-order valence-electron chi connectivity index (χ2n) is 5.28. The third kappa shape index (κ3) is 3.92. The molecule has 2 aromatic carbocycles. The van der Waals surface area contributed by atoms with Gasteiger partial charge >= 0.3 is 0 Å². The fourth-order valence-corrected chi connectivity index (χ4v) is 2.53. The number of nitrogens with two attached hydrogens (primary N) is 1. The van der Waals surface area contributed by atoms with Crippen LogP contribution in [0.15, 0.2) is 36.4 Å². The molecule has 0 unspecified atom stereocenters. The van der Waals surface area contributed by atoms with Crippen LogP contribution < -0.4 is 5.73 Å². The minimum absolute atomic E-state index is 0.0671. The fourth-order valence-electron chi connectivity index (χ4n) is 2.53. The maximum atomic E-state index is 13.6. The van der Waals surface area contributed by atoms with Crippen molar-refractivity contribution >= 4 is 5.91 Å². The highest BCUT2D eigenvalue weighted by molar-refractivity contribution is 5.76. The summed E-state index contributed by atoms with van der Waals surface area (Å²) in [7, 11) is 0. The number of hydrogen-bond acceptors (Lipinski definition) is 1. The van der Waals surface area contributed by atoms with E-state index in [1.165, 1.54) is 23.3 Å². The zero-order valence-corrected chi connectivity index (χ0v) is 11.7. The van der Waals surface area contributed by atoms with Crippen molar-refractivity contribution in [3.8, 4) is 0 Å². The van der Waals surface area contributed by atoms with Gasteiger partial charge in [-0.05, 0) is 49.1 Å². The summed E-state index contributed by atoms with van der Waals surface area (Å²) in [6, 6.07) is 11.0. The van der Waals surface area contributed by atoms with Gasteiger partial charge in [0.25, 0.3) is 0 Å². The molecule has 0 aliphatic carbocycles. The average Bonchev–Trinajstić information content (AvgIpc) is 2.24. The van der Waals surface area contributed by atoms with Gasteiger partial charge in [0.05, 0.1) is 6.42 Å². The topological polar surface area (TPSA) is 43.1 Å². The molecule has 0 radical (unpaired) electrons. The Kier molecular flexibility index (Phi) is 4.18. The van der Waals surface area contributed by atoms with Crippen LogP contribution in [0.1, 0.15) is 27.8 Å². The molecule has 2 rings (SSSR count). The summed E-state index contributed by atoms with van der Waals surface area (Å²) in [5.74, 6) is -0.781. The summed E-state index contributed by atoms with van der Waals surface area (Å²) in [6.45, 7) is 4.08. The molecule has 2 nitrogen and oxygen atoms in total. The number of amides is 1. The zero-order valence-electron chi connectivity index (χ0n) is 11.7. The molecule has 0 atom stereocenters. The van der Waals surface area contributed by atoms with Gasteiger partial charge < -0.3 is 5.73 Å². The average molecular weight is 271 g/mol. The van der Waals surface area contributed by atoms with Crippen LogP contribution in [0.5, 0.6) is 0 Å². The Morgan fingerprint density at radius 1 is 0.950 bits per heavy atom. The van der Waals surface area contributed by atoms with Gasteiger partial charge in [0.1, 0.15) is 5.82 Å². The first-order valence-corrected chi connectivity index (χ1v) is 6.56. The molecule has 1 amide bonds. The number of benzene rings is 2. The number of primary amides is 1. The van der Waals surface area contributed by atoms with E-state index in [0.717, 1.165) is 11.1 Å². The fraction of sp³-hybridized carbons (Fsp3) is 0.235. The lowest BCUT2D eigenvalue weighted by molar-refractivity contribution is -0.117. The molecule has 0 spiro atoms. The van der Waals surface area contributed by atoms with E-state index in [9.17, 15) is 9.18 Å².